The molecule has 22 heavy (non-hydrogen) atoms. The maximum Gasteiger partial charge on any atom is 0.331 e. The Hall–Kier alpha value is -2.61. The summed E-state index contributed by atoms with van der Waals surface area (Å²) in [5, 5.41) is 12.9. The summed E-state index contributed by atoms with van der Waals surface area (Å²) in [5.74, 6) is -2.44. The van der Waals surface area contributed by atoms with E-state index in [4.69, 9.17) is 5.73 Å². The Kier molecular flexibility index (Phi) is 4.62. The zero-order chi connectivity index (χ0) is 16.3. The fraction of sp³-hybridized carbons (Fsp3) is 0.357. The Labute approximate surface area is 127 Å². The lowest BCUT2D eigenvalue weighted by molar-refractivity contribution is -0.135. The first-order valence-corrected chi connectivity index (χ1v) is 6.85. The number of carbonyl (C=O) groups is 3. The summed E-state index contributed by atoms with van der Waals surface area (Å²) in [6, 6.07) is 3.66. The van der Waals surface area contributed by atoms with Crippen LogP contribution in [0, 0.1) is 6.92 Å². The number of benzene rings is 1. The number of imide groups is 1. The van der Waals surface area contributed by atoms with E-state index in [0.29, 0.717) is 36.6 Å². The Bertz CT molecular complexity index is 611. The smallest absolute Gasteiger partial charge is 0.331 e. The van der Waals surface area contributed by atoms with Gasteiger partial charge in [-0.05, 0) is 18.6 Å². The molecule has 1 aromatic rings. The molecule has 0 aromatic heterocycles. The number of aromatic hydroxyl groups is 1. The average Bonchev–Trinajstić information content (AvgIpc) is 2.51. The molecule has 1 fully saturated rings. The van der Waals surface area contributed by atoms with E-state index in [-0.39, 0.29) is 11.4 Å². The second-order valence-corrected chi connectivity index (χ2v) is 5.00. The molecule has 8 heteroatoms. The van der Waals surface area contributed by atoms with E-state index in [1.54, 1.807) is 13.0 Å². The predicted molar refractivity (Wildman–Crippen MR) is 79.4 cm³/mol. The zero-order valence-electron chi connectivity index (χ0n) is 12.2. The molecular formula is C14H18N4O4. The van der Waals surface area contributed by atoms with Crippen LogP contribution in [0.15, 0.2) is 18.2 Å². The van der Waals surface area contributed by atoms with Gasteiger partial charge in [0.1, 0.15) is 5.75 Å². The van der Waals surface area contributed by atoms with Gasteiger partial charge in [0.25, 0.3) is 0 Å². The van der Waals surface area contributed by atoms with Crippen molar-refractivity contribution in [2.45, 2.75) is 6.92 Å². The van der Waals surface area contributed by atoms with E-state index < -0.39 is 17.8 Å². The van der Waals surface area contributed by atoms with Crippen LogP contribution in [0.2, 0.25) is 0 Å². The van der Waals surface area contributed by atoms with E-state index in [0.717, 1.165) is 0 Å². The first-order chi connectivity index (χ1) is 10.4. The van der Waals surface area contributed by atoms with Gasteiger partial charge < -0.3 is 21.1 Å². The first-order valence-electron chi connectivity index (χ1n) is 6.85. The Morgan fingerprint density at radius 2 is 1.91 bits per heavy atom. The third kappa shape index (κ3) is 3.17. The lowest BCUT2D eigenvalue weighted by Crippen LogP contribution is -2.55. The molecule has 2 rings (SSSR count). The van der Waals surface area contributed by atoms with Crippen molar-refractivity contribution in [3.63, 3.8) is 0 Å². The molecule has 0 spiro atoms. The summed E-state index contributed by atoms with van der Waals surface area (Å²) in [6.45, 7) is 3.71. The fourth-order valence-corrected chi connectivity index (χ4v) is 2.16. The number of piperazine rings is 1. The molecule has 8 nitrogen and oxygen atoms in total. The molecule has 4 amide bonds. The number of hydrogen-bond donors (Lipinski definition) is 3. The summed E-state index contributed by atoms with van der Waals surface area (Å²) in [5.41, 5.74) is 5.73. The Morgan fingerprint density at radius 3 is 2.45 bits per heavy atom. The van der Waals surface area contributed by atoms with Crippen LogP contribution in [0.25, 0.3) is 0 Å². The van der Waals surface area contributed by atoms with Gasteiger partial charge in [0.2, 0.25) is 0 Å². The van der Waals surface area contributed by atoms with Gasteiger partial charge in [-0.2, -0.15) is 0 Å². The van der Waals surface area contributed by atoms with Crippen LogP contribution in [0.4, 0.5) is 10.5 Å². The highest BCUT2D eigenvalue weighted by Gasteiger charge is 2.32. The maximum atomic E-state index is 12.6. The molecule has 118 valence electrons. The first kappa shape index (κ1) is 15.8. The van der Waals surface area contributed by atoms with Crippen LogP contribution in [0.1, 0.15) is 5.56 Å². The summed E-state index contributed by atoms with van der Waals surface area (Å²) >= 11 is 0. The number of nitrogens with two attached hydrogens (primary N) is 1. The van der Waals surface area contributed by atoms with Crippen molar-refractivity contribution in [1.82, 2.24) is 10.2 Å². The molecule has 1 aliphatic rings. The normalized spacial score (nSPS) is 14.5. The Balaban J connectivity index is 2.37. The third-order valence-electron chi connectivity index (χ3n) is 3.44. The number of primary amides is 1. The van der Waals surface area contributed by atoms with Crippen LogP contribution < -0.4 is 16.0 Å². The van der Waals surface area contributed by atoms with Crippen molar-refractivity contribution in [1.29, 1.82) is 0 Å². The minimum atomic E-state index is -1.23. The van der Waals surface area contributed by atoms with Crippen LogP contribution in [-0.4, -0.2) is 54.0 Å². The van der Waals surface area contributed by atoms with E-state index in [9.17, 15) is 19.5 Å². The van der Waals surface area contributed by atoms with Gasteiger partial charge in [-0.25, -0.2) is 9.69 Å². The Morgan fingerprint density at radius 1 is 1.27 bits per heavy atom. The highest BCUT2D eigenvalue weighted by atomic mass is 16.3. The molecule has 1 aromatic carbocycles. The second-order valence-electron chi connectivity index (χ2n) is 5.00. The summed E-state index contributed by atoms with van der Waals surface area (Å²) in [7, 11) is 0. The molecule has 1 saturated heterocycles. The van der Waals surface area contributed by atoms with E-state index >= 15 is 0 Å². The van der Waals surface area contributed by atoms with Crippen LogP contribution in [0.5, 0.6) is 5.75 Å². The number of urea groups is 1. The largest absolute Gasteiger partial charge is 0.508 e. The van der Waals surface area contributed by atoms with E-state index in [1.807, 2.05) is 0 Å². The topological polar surface area (TPSA) is 116 Å². The second kappa shape index (κ2) is 6.44. The molecule has 0 aliphatic carbocycles. The number of anilines is 1. The van der Waals surface area contributed by atoms with Crippen molar-refractivity contribution in [2.75, 3.05) is 31.1 Å². The minimum Gasteiger partial charge on any atom is -0.508 e. The third-order valence-corrected chi connectivity index (χ3v) is 3.44. The lowest BCUT2D eigenvalue weighted by atomic mass is 10.2. The highest BCUT2D eigenvalue weighted by molar-refractivity contribution is 6.44. The van der Waals surface area contributed by atoms with Crippen molar-refractivity contribution in [3.05, 3.63) is 23.8 Å². The number of hydrogen-bond acceptors (Lipinski definition) is 5. The molecule has 0 saturated carbocycles. The summed E-state index contributed by atoms with van der Waals surface area (Å²) in [4.78, 5) is 38.0. The predicted octanol–water partition coefficient (Wildman–Crippen LogP) is -0.456. The zero-order valence-corrected chi connectivity index (χ0v) is 12.2. The number of rotatable bonds is 1. The minimum absolute atomic E-state index is 0.0760. The number of nitrogens with one attached hydrogen (secondary N) is 1. The van der Waals surface area contributed by atoms with Gasteiger partial charge in [0.05, 0.1) is 5.69 Å². The lowest BCUT2D eigenvalue weighted by Gasteiger charge is -2.31. The number of phenols is 1. The SMILES string of the molecule is Cc1ccc(N(C(=O)C(N)=O)C(=O)N2CCNCC2)cc1O. The quantitative estimate of drug-likeness (QED) is 0.607. The number of nitrogens with zero attached hydrogens (tertiary/aromatic N) is 2. The summed E-state index contributed by atoms with van der Waals surface area (Å²) in [6.07, 6.45) is 0. The molecule has 0 unspecified atom stereocenters. The van der Waals surface area contributed by atoms with Gasteiger partial charge in [0.15, 0.2) is 0 Å². The molecule has 0 bridgehead atoms. The van der Waals surface area contributed by atoms with Crippen LogP contribution in [0.3, 0.4) is 0 Å². The van der Waals surface area contributed by atoms with Crippen LogP contribution >= 0.6 is 0 Å². The van der Waals surface area contributed by atoms with Crippen molar-refractivity contribution in [2.24, 2.45) is 5.73 Å². The maximum absolute atomic E-state index is 12.6. The number of phenolic OH excluding ortho intramolecular Hbond substituents is 1. The highest BCUT2D eigenvalue weighted by Crippen LogP contribution is 2.25. The molecule has 0 atom stereocenters. The number of aryl methyl sites for hydroxylation is 1. The van der Waals surface area contributed by atoms with Crippen molar-refractivity contribution < 1.29 is 19.5 Å². The van der Waals surface area contributed by atoms with E-state index in [2.05, 4.69) is 5.32 Å². The van der Waals surface area contributed by atoms with Gasteiger partial charge in [-0.15, -0.1) is 0 Å². The molecule has 1 aliphatic heterocycles. The standard InChI is InChI=1S/C14H18N4O4/c1-9-2-3-10(8-11(9)19)18(13(21)12(15)20)14(22)17-6-4-16-5-7-17/h2-3,8,16,19H,4-7H2,1H3,(H2,15,20). The van der Waals surface area contributed by atoms with Crippen molar-refractivity contribution >= 4 is 23.5 Å². The average molecular weight is 306 g/mol. The monoisotopic (exact) mass is 306 g/mol. The summed E-state index contributed by atoms with van der Waals surface area (Å²) < 4.78 is 0. The van der Waals surface area contributed by atoms with E-state index in [1.165, 1.54) is 17.0 Å². The van der Waals surface area contributed by atoms with Gasteiger partial charge in [-0.1, -0.05) is 6.07 Å². The molecule has 4 N–H and O–H groups in total. The number of amides is 4. The van der Waals surface area contributed by atoms with Gasteiger partial charge in [0, 0.05) is 32.2 Å². The van der Waals surface area contributed by atoms with Gasteiger partial charge >= 0.3 is 17.8 Å². The fourth-order valence-electron chi connectivity index (χ4n) is 2.16. The molecule has 0 radical (unpaired) electrons. The molecule has 1 heterocycles. The number of carbonyl (C=O) groups excluding carboxylic acids is 3. The van der Waals surface area contributed by atoms with Crippen molar-refractivity contribution in [3.8, 4) is 5.75 Å². The van der Waals surface area contributed by atoms with Crippen LogP contribution in [-0.2, 0) is 9.59 Å². The molecular weight excluding hydrogens is 288 g/mol. The van der Waals surface area contributed by atoms with Gasteiger partial charge in [-0.3, -0.25) is 9.59 Å².